The lowest BCUT2D eigenvalue weighted by molar-refractivity contribution is 0.632. The Morgan fingerprint density at radius 3 is 2.74 bits per heavy atom. The van der Waals surface area contributed by atoms with E-state index in [1.165, 1.54) is 25.6 Å². The first kappa shape index (κ1) is 13.7. The highest BCUT2D eigenvalue weighted by molar-refractivity contribution is 6.35. The summed E-state index contributed by atoms with van der Waals surface area (Å²) in [6, 6.07) is 3.85. The third-order valence-electron chi connectivity index (χ3n) is 3.40. The number of nitrogens with zero attached hydrogens (tertiary/aromatic N) is 3. The smallest absolute Gasteiger partial charge is 0.122 e. The number of anilines is 1. The quantitative estimate of drug-likeness (QED) is 0.660. The largest absolute Gasteiger partial charge is 0.397 e. The normalized spacial score (nSPS) is 10.7. The van der Waals surface area contributed by atoms with Crippen molar-refractivity contribution >= 4 is 13.0 Å². The second kappa shape index (κ2) is 5.91. The number of rotatable bonds is 5. The van der Waals surface area contributed by atoms with Crippen LogP contribution < -0.4 is 5.73 Å². The molecule has 0 spiro atoms. The van der Waals surface area contributed by atoms with Gasteiger partial charge in [0, 0.05) is 17.8 Å². The first-order chi connectivity index (χ1) is 9.13. The zero-order valence-corrected chi connectivity index (χ0v) is 12.0. The van der Waals surface area contributed by atoms with E-state index in [4.69, 9.17) is 5.73 Å². The minimum Gasteiger partial charge on any atom is -0.397 e. The number of hydrogen-bond donors (Lipinski definition) is 1. The third kappa shape index (κ3) is 2.97. The van der Waals surface area contributed by atoms with Crippen LogP contribution in [0.2, 0.25) is 12.6 Å². The lowest BCUT2D eigenvalue weighted by atomic mass is 9.72. The van der Waals surface area contributed by atoms with Crippen molar-refractivity contribution in [2.24, 2.45) is 0 Å². The third-order valence-corrected chi connectivity index (χ3v) is 3.40. The Hall–Kier alpha value is -1.78. The molecule has 0 aliphatic heterocycles. The maximum absolute atomic E-state index is 5.68. The van der Waals surface area contributed by atoms with Crippen LogP contribution >= 0.6 is 0 Å². The molecule has 0 bridgehead atoms. The Morgan fingerprint density at radius 1 is 1.32 bits per heavy atom. The molecule has 0 fully saturated rings. The molecule has 0 aromatic carbocycles. The van der Waals surface area contributed by atoms with Crippen LogP contribution in [0.25, 0.3) is 11.3 Å². The minimum atomic E-state index is 0.689. The predicted molar refractivity (Wildman–Crippen MR) is 81.8 cm³/mol. The summed E-state index contributed by atoms with van der Waals surface area (Å²) in [4.78, 5) is 4.40. The lowest BCUT2D eigenvalue weighted by Crippen LogP contribution is -2.04. The van der Waals surface area contributed by atoms with E-state index in [0.29, 0.717) is 5.69 Å². The van der Waals surface area contributed by atoms with Gasteiger partial charge in [-0.15, -0.1) is 0 Å². The van der Waals surface area contributed by atoms with Gasteiger partial charge in [-0.25, -0.2) is 0 Å². The summed E-state index contributed by atoms with van der Waals surface area (Å²) in [6.07, 6.45) is 4.10. The first-order valence-corrected chi connectivity index (χ1v) is 6.89. The summed E-state index contributed by atoms with van der Waals surface area (Å²) >= 11 is 0. The molecule has 2 rings (SSSR count). The molecule has 0 unspecified atom stereocenters. The van der Waals surface area contributed by atoms with Gasteiger partial charge in [-0.1, -0.05) is 19.6 Å². The van der Waals surface area contributed by atoms with E-state index < -0.39 is 0 Å². The summed E-state index contributed by atoms with van der Waals surface area (Å²) in [5.41, 5.74) is 10.7. The fourth-order valence-electron chi connectivity index (χ4n) is 2.35. The van der Waals surface area contributed by atoms with E-state index in [1.807, 2.05) is 19.1 Å². The summed E-state index contributed by atoms with van der Waals surface area (Å²) in [5, 5.41) is 4.63. The van der Waals surface area contributed by atoms with Crippen molar-refractivity contribution in [3.05, 3.63) is 29.7 Å². The molecule has 0 amide bonds. The average molecular weight is 256 g/mol. The second-order valence-electron chi connectivity index (χ2n) is 4.95. The molecule has 0 saturated carbocycles. The average Bonchev–Trinajstić information content (AvgIpc) is 2.67. The summed E-state index contributed by atoms with van der Waals surface area (Å²) < 4.78 is 2.10. The van der Waals surface area contributed by atoms with Crippen molar-refractivity contribution < 1.29 is 0 Å². The van der Waals surface area contributed by atoms with Gasteiger partial charge >= 0.3 is 0 Å². The van der Waals surface area contributed by atoms with Crippen LogP contribution in [0.15, 0.2) is 18.3 Å². The Labute approximate surface area is 115 Å². The Balaban J connectivity index is 2.28. The number of nitrogen functional groups attached to an aromatic ring is 1. The van der Waals surface area contributed by atoms with E-state index in [2.05, 4.69) is 28.6 Å². The van der Waals surface area contributed by atoms with E-state index in [-0.39, 0.29) is 0 Å². The first-order valence-electron chi connectivity index (χ1n) is 6.89. The van der Waals surface area contributed by atoms with E-state index >= 15 is 0 Å². The van der Waals surface area contributed by atoms with Gasteiger partial charge in [0.15, 0.2) is 0 Å². The van der Waals surface area contributed by atoms with Crippen LogP contribution in [-0.4, -0.2) is 22.0 Å². The molecule has 2 heterocycles. The number of aryl methyl sites for hydroxylation is 2. The van der Waals surface area contributed by atoms with Crippen LogP contribution in [-0.2, 0) is 6.54 Å². The van der Waals surface area contributed by atoms with E-state index in [1.54, 1.807) is 6.20 Å². The standard InChI is InChI=1S/C14H21BN4/c1-4-15-7-8-19-11(3)14(10(2)18-19)13-6-5-12(16)9-17-13/h5-6,9,15H,4,7-8,16H2,1-3H3. The van der Waals surface area contributed by atoms with Crippen LogP contribution in [0.1, 0.15) is 18.3 Å². The molecule has 4 nitrogen and oxygen atoms in total. The van der Waals surface area contributed by atoms with Crippen molar-refractivity contribution in [3.8, 4) is 11.3 Å². The van der Waals surface area contributed by atoms with Crippen molar-refractivity contribution in [2.45, 2.75) is 40.0 Å². The van der Waals surface area contributed by atoms with Gasteiger partial charge in [-0.2, -0.15) is 5.10 Å². The Morgan fingerprint density at radius 2 is 2.11 bits per heavy atom. The highest BCUT2D eigenvalue weighted by atomic mass is 15.3. The van der Waals surface area contributed by atoms with Crippen molar-refractivity contribution in [2.75, 3.05) is 5.73 Å². The molecule has 0 saturated heterocycles. The topological polar surface area (TPSA) is 56.7 Å². The van der Waals surface area contributed by atoms with E-state index in [9.17, 15) is 0 Å². The van der Waals surface area contributed by atoms with Gasteiger partial charge in [0.05, 0.1) is 23.3 Å². The number of nitrogens with two attached hydrogens (primary N) is 1. The van der Waals surface area contributed by atoms with Gasteiger partial charge in [-0.05, 0) is 26.0 Å². The number of aromatic nitrogens is 3. The monoisotopic (exact) mass is 256 g/mol. The Kier molecular flexibility index (Phi) is 4.25. The number of hydrogen-bond acceptors (Lipinski definition) is 3. The molecule has 2 aromatic heterocycles. The summed E-state index contributed by atoms with van der Waals surface area (Å²) in [5.74, 6) is 0. The molecular formula is C14H21BN4. The van der Waals surface area contributed by atoms with Gasteiger partial charge in [0.1, 0.15) is 7.28 Å². The molecule has 0 radical (unpaired) electrons. The van der Waals surface area contributed by atoms with Gasteiger partial charge < -0.3 is 5.73 Å². The number of pyridine rings is 1. The van der Waals surface area contributed by atoms with Crippen LogP contribution in [0.5, 0.6) is 0 Å². The Bertz CT molecular complexity index is 545. The molecule has 5 heteroatoms. The highest BCUT2D eigenvalue weighted by Crippen LogP contribution is 2.25. The van der Waals surface area contributed by atoms with Crippen LogP contribution in [0.3, 0.4) is 0 Å². The van der Waals surface area contributed by atoms with Crippen molar-refractivity contribution in [1.82, 2.24) is 14.8 Å². The molecule has 0 aliphatic rings. The molecule has 0 aliphatic carbocycles. The van der Waals surface area contributed by atoms with Crippen LogP contribution in [0, 0.1) is 13.8 Å². The fraction of sp³-hybridized carbons (Fsp3) is 0.429. The maximum atomic E-state index is 5.68. The molecule has 100 valence electrons. The SMILES string of the molecule is CCBCCn1nc(C)c(-c2ccc(N)cn2)c1C. The molecule has 2 aromatic rings. The van der Waals surface area contributed by atoms with Crippen molar-refractivity contribution in [3.63, 3.8) is 0 Å². The van der Waals surface area contributed by atoms with Crippen LogP contribution in [0.4, 0.5) is 5.69 Å². The highest BCUT2D eigenvalue weighted by Gasteiger charge is 2.14. The molecular weight excluding hydrogens is 235 g/mol. The predicted octanol–water partition coefficient (Wildman–Crippen LogP) is 2.44. The van der Waals surface area contributed by atoms with Gasteiger partial charge in [-0.3, -0.25) is 9.67 Å². The van der Waals surface area contributed by atoms with E-state index in [0.717, 1.165) is 23.5 Å². The molecule has 2 N–H and O–H groups in total. The fourth-order valence-corrected chi connectivity index (χ4v) is 2.35. The zero-order valence-electron chi connectivity index (χ0n) is 12.0. The van der Waals surface area contributed by atoms with Gasteiger partial charge in [0.2, 0.25) is 0 Å². The van der Waals surface area contributed by atoms with Crippen molar-refractivity contribution in [1.29, 1.82) is 0 Å². The second-order valence-corrected chi connectivity index (χ2v) is 4.95. The van der Waals surface area contributed by atoms with Gasteiger partial charge in [0.25, 0.3) is 0 Å². The minimum absolute atomic E-state index is 0.689. The summed E-state index contributed by atoms with van der Waals surface area (Å²) in [6.45, 7) is 7.34. The zero-order chi connectivity index (χ0) is 13.8. The molecule has 0 atom stereocenters. The molecule has 19 heavy (non-hydrogen) atoms. The maximum Gasteiger partial charge on any atom is 0.122 e. The lowest BCUT2D eigenvalue weighted by Gasteiger charge is -2.04. The summed E-state index contributed by atoms with van der Waals surface area (Å²) in [7, 11) is 1.24.